The first-order valence-corrected chi connectivity index (χ1v) is 8.30. The average Bonchev–Trinajstić information content (AvgIpc) is 3.38. The van der Waals surface area contributed by atoms with Gasteiger partial charge in [0.1, 0.15) is 0 Å². The predicted molar refractivity (Wildman–Crippen MR) is 92.9 cm³/mol. The summed E-state index contributed by atoms with van der Waals surface area (Å²) in [7, 11) is 0. The first-order valence-electron chi connectivity index (χ1n) is 8.30. The Balaban J connectivity index is 1.64. The summed E-state index contributed by atoms with van der Waals surface area (Å²) in [5, 5.41) is 12.0. The van der Waals surface area contributed by atoms with Gasteiger partial charge in [-0.25, -0.2) is 8.78 Å². The summed E-state index contributed by atoms with van der Waals surface area (Å²) >= 11 is 0. The highest BCUT2D eigenvalue weighted by molar-refractivity contribution is 5.95. The number of halogens is 2. The van der Waals surface area contributed by atoms with Crippen molar-refractivity contribution >= 4 is 17.6 Å². The zero-order valence-corrected chi connectivity index (χ0v) is 14.4. The molecule has 0 saturated heterocycles. The number of nitrogens with one attached hydrogen (secondary N) is 1. The Labute approximate surface area is 149 Å². The second-order valence-corrected chi connectivity index (χ2v) is 7.12. The first kappa shape index (κ1) is 18.0. The Hall–Kier alpha value is -2.76. The zero-order valence-electron chi connectivity index (χ0n) is 14.4. The third-order valence-electron chi connectivity index (χ3n) is 4.91. The normalized spacial score (nSPS) is 19.1. The summed E-state index contributed by atoms with van der Waals surface area (Å²) in [4.78, 5) is 23.6. The van der Waals surface area contributed by atoms with Crippen LogP contribution in [0.15, 0.2) is 42.5 Å². The van der Waals surface area contributed by atoms with Crippen LogP contribution in [0.3, 0.4) is 0 Å². The first-order chi connectivity index (χ1) is 12.2. The molecule has 3 rings (SSSR count). The second kappa shape index (κ2) is 6.52. The molecule has 1 saturated carbocycles. The number of carbonyl (C=O) groups excluding carboxylic acids is 1. The highest BCUT2D eigenvalue weighted by atomic mass is 19.2. The van der Waals surface area contributed by atoms with Crippen molar-refractivity contribution in [3.8, 4) is 0 Å². The molecule has 2 aromatic carbocycles. The van der Waals surface area contributed by atoms with Crippen LogP contribution in [0.1, 0.15) is 37.3 Å². The van der Waals surface area contributed by atoms with Gasteiger partial charge < -0.3 is 10.4 Å². The highest BCUT2D eigenvalue weighted by Crippen LogP contribution is 2.48. The van der Waals surface area contributed by atoms with Crippen LogP contribution >= 0.6 is 0 Å². The molecule has 2 N–H and O–H groups in total. The van der Waals surface area contributed by atoms with Crippen molar-refractivity contribution < 1.29 is 23.5 Å². The van der Waals surface area contributed by atoms with Gasteiger partial charge in [-0.2, -0.15) is 0 Å². The van der Waals surface area contributed by atoms with E-state index in [0.29, 0.717) is 23.2 Å². The molecular weight excluding hydrogens is 340 g/mol. The van der Waals surface area contributed by atoms with Gasteiger partial charge in [0.15, 0.2) is 11.6 Å². The van der Waals surface area contributed by atoms with E-state index in [1.807, 2.05) is 0 Å². The van der Waals surface area contributed by atoms with Gasteiger partial charge in [-0.1, -0.05) is 18.2 Å². The lowest BCUT2D eigenvalue weighted by Crippen LogP contribution is -2.28. The monoisotopic (exact) mass is 359 g/mol. The number of benzene rings is 2. The molecule has 0 bridgehead atoms. The van der Waals surface area contributed by atoms with Crippen molar-refractivity contribution in [3.63, 3.8) is 0 Å². The molecule has 0 spiro atoms. The quantitative estimate of drug-likeness (QED) is 0.846. The number of carbonyl (C=O) groups is 2. The number of hydrogen-bond acceptors (Lipinski definition) is 2. The van der Waals surface area contributed by atoms with Crippen LogP contribution in [0, 0.1) is 17.6 Å². The maximum absolute atomic E-state index is 13.3. The molecule has 0 heterocycles. The number of carboxylic acids is 1. The molecule has 2 aromatic rings. The summed E-state index contributed by atoms with van der Waals surface area (Å²) in [6, 6.07) is 10.4. The summed E-state index contributed by atoms with van der Waals surface area (Å²) in [6.07, 6.45) is 0.584. The number of rotatable bonds is 5. The van der Waals surface area contributed by atoms with E-state index >= 15 is 0 Å². The summed E-state index contributed by atoms with van der Waals surface area (Å²) in [6.45, 7) is 3.22. The Morgan fingerprint density at radius 1 is 1.08 bits per heavy atom. The van der Waals surface area contributed by atoms with E-state index in [2.05, 4.69) is 5.32 Å². The number of anilines is 1. The molecule has 2 unspecified atom stereocenters. The van der Waals surface area contributed by atoms with Gasteiger partial charge in [-0.15, -0.1) is 0 Å². The molecule has 6 heteroatoms. The maximum atomic E-state index is 13.3. The van der Waals surface area contributed by atoms with Crippen LogP contribution in [-0.2, 0) is 15.0 Å². The molecule has 4 nitrogen and oxygen atoms in total. The number of amides is 1. The molecule has 1 aliphatic carbocycles. The van der Waals surface area contributed by atoms with Crippen molar-refractivity contribution in [1.82, 2.24) is 0 Å². The lowest BCUT2D eigenvalue weighted by atomic mass is 9.85. The summed E-state index contributed by atoms with van der Waals surface area (Å²) in [5.41, 5.74) is 0.795. The molecule has 1 fully saturated rings. The Morgan fingerprint density at radius 3 is 2.31 bits per heavy atom. The van der Waals surface area contributed by atoms with E-state index < -0.39 is 23.0 Å². The number of hydrogen-bond donors (Lipinski definition) is 2. The third kappa shape index (κ3) is 3.45. The fourth-order valence-corrected chi connectivity index (χ4v) is 2.92. The third-order valence-corrected chi connectivity index (χ3v) is 4.91. The smallest absolute Gasteiger partial charge is 0.313 e. The van der Waals surface area contributed by atoms with Crippen LogP contribution < -0.4 is 5.32 Å². The Bertz CT molecular complexity index is 862. The minimum atomic E-state index is -1.02. The van der Waals surface area contributed by atoms with Crippen molar-refractivity contribution in [2.24, 2.45) is 5.92 Å². The van der Waals surface area contributed by atoms with Gasteiger partial charge in [-0.3, -0.25) is 9.59 Å². The highest BCUT2D eigenvalue weighted by Gasteiger charge is 2.44. The van der Waals surface area contributed by atoms with E-state index in [1.54, 1.807) is 38.1 Å². The minimum absolute atomic E-state index is 0.115. The second-order valence-electron chi connectivity index (χ2n) is 7.12. The molecule has 0 aliphatic heterocycles. The van der Waals surface area contributed by atoms with Crippen molar-refractivity contribution in [3.05, 3.63) is 65.2 Å². The van der Waals surface area contributed by atoms with Crippen molar-refractivity contribution in [2.75, 3.05) is 5.32 Å². The maximum Gasteiger partial charge on any atom is 0.313 e. The van der Waals surface area contributed by atoms with Crippen LogP contribution in [0.4, 0.5) is 14.5 Å². The van der Waals surface area contributed by atoms with E-state index in [4.69, 9.17) is 0 Å². The van der Waals surface area contributed by atoms with E-state index in [-0.39, 0.29) is 17.7 Å². The predicted octanol–water partition coefficient (Wildman–Crippen LogP) is 4.07. The van der Waals surface area contributed by atoms with Gasteiger partial charge in [0.25, 0.3) is 0 Å². The van der Waals surface area contributed by atoms with E-state index in [9.17, 15) is 23.5 Å². The van der Waals surface area contributed by atoms with Gasteiger partial charge in [0, 0.05) is 11.6 Å². The molecule has 0 radical (unpaired) electrons. The lowest BCUT2D eigenvalue weighted by molar-refractivity contribution is -0.142. The van der Waals surface area contributed by atoms with Crippen LogP contribution in [0.2, 0.25) is 0 Å². The fourth-order valence-electron chi connectivity index (χ4n) is 2.92. The van der Waals surface area contributed by atoms with Crippen LogP contribution in [0.5, 0.6) is 0 Å². The lowest BCUT2D eigenvalue weighted by Gasteiger charge is -2.19. The molecule has 1 amide bonds. The van der Waals surface area contributed by atoms with E-state index in [1.165, 1.54) is 6.07 Å². The molecule has 1 aliphatic rings. The molecule has 26 heavy (non-hydrogen) atoms. The topological polar surface area (TPSA) is 66.4 Å². The fraction of sp³-hybridized carbons (Fsp3) is 0.300. The van der Waals surface area contributed by atoms with Crippen molar-refractivity contribution in [1.29, 1.82) is 0 Å². The zero-order chi connectivity index (χ0) is 19.1. The minimum Gasteiger partial charge on any atom is -0.481 e. The number of carboxylic acid groups (broad SMARTS) is 1. The Kier molecular flexibility index (Phi) is 4.52. The molecule has 136 valence electrons. The summed E-state index contributed by atoms with van der Waals surface area (Å²) in [5.74, 6) is -3.33. The average molecular weight is 359 g/mol. The SMILES string of the molecule is CC(C)(C(=O)O)c1ccc(NC(=O)C2CC2c2ccc(F)c(F)c2)cc1. The number of aliphatic carboxylic acids is 1. The van der Waals surface area contributed by atoms with Gasteiger partial charge in [-0.05, 0) is 61.6 Å². The van der Waals surface area contributed by atoms with Gasteiger partial charge in [0.2, 0.25) is 5.91 Å². The van der Waals surface area contributed by atoms with Gasteiger partial charge >= 0.3 is 5.97 Å². The van der Waals surface area contributed by atoms with Crippen molar-refractivity contribution in [2.45, 2.75) is 31.6 Å². The van der Waals surface area contributed by atoms with Gasteiger partial charge in [0.05, 0.1) is 5.41 Å². The van der Waals surface area contributed by atoms with E-state index in [0.717, 1.165) is 12.1 Å². The molecule has 0 aromatic heterocycles. The molecular formula is C20H19F2NO3. The molecule has 2 atom stereocenters. The summed E-state index contributed by atoms with van der Waals surface area (Å²) < 4.78 is 26.3. The standard InChI is InChI=1S/C20H19F2NO3/c1-20(2,19(25)26)12-4-6-13(7-5-12)23-18(24)15-10-14(15)11-3-8-16(21)17(22)9-11/h3-9,14-15H,10H2,1-2H3,(H,23,24)(H,25,26). The Morgan fingerprint density at radius 2 is 1.73 bits per heavy atom. The van der Waals surface area contributed by atoms with Crippen LogP contribution in [0.25, 0.3) is 0 Å². The largest absolute Gasteiger partial charge is 0.481 e. The van der Waals surface area contributed by atoms with Crippen LogP contribution in [-0.4, -0.2) is 17.0 Å².